The lowest BCUT2D eigenvalue weighted by Gasteiger charge is -2.39. The maximum absolute atomic E-state index is 13.6. The monoisotopic (exact) mass is 539 g/mol. The van der Waals surface area contributed by atoms with E-state index < -0.39 is 70.5 Å². The molecule has 2 N–H and O–H groups in total. The standard InChI is InChI=1S/C14H14F13NO4S/c1-7(8(29)30)3-2-5-28-33(31,32)6-4-9(15,16)10(17,18)11(19,20)12(21,22)13(23,24)14(25,26)27/h3,28H,2,4-6H2,1H3,(H,29,30). The molecule has 0 aliphatic rings. The second-order valence-corrected chi connectivity index (χ2v) is 8.37. The van der Waals surface area contributed by atoms with Crippen LogP contribution in [0.2, 0.25) is 0 Å². The smallest absolute Gasteiger partial charge is 0.460 e. The Bertz CT molecular complexity index is 850. The van der Waals surface area contributed by atoms with E-state index in [0.717, 1.165) is 13.0 Å². The van der Waals surface area contributed by atoms with Crippen molar-refractivity contribution in [1.29, 1.82) is 0 Å². The van der Waals surface area contributed by atoms with E-state index in [9.17, 15) is 70.3 Å². The number of alkyl halides is 13. The van der Waals surface area contributed by atoms with Gasteiger partial charge in [-0.3, -0.25) is 0 Å². The summed E-state index contributed by atoms with van der Waals surface area (Å²) in [6.07, 6.45) is -9.88. The van der Waals surface area contributed by atoms with E-state index >= 15 is 0 Å². The lowest BCUT2D eigenvalue weighted by molar-refractivity contribution is -0.439. The van der Waals surface area contributed by atoms with Crippen molar-refractivity contribution in [3.8, 4) is 0 Å². The zero-order chi connectivity index (χ0) is 26.9. The Morgan fingerprint density at radius 2 is 1.24 bits per heavy atom. The van der Waals surface area contributed by atoms with Gasteiger partial charge in [-0.05, 0) is 13.3 Å². The summed E-state index contributed by atoms with van der Waals surface area (Å²) >= 11 is 0. The predicted molar refractivity (Wildman–Crippen MR) is 83.2 cm³/mol. The topological polar surface area (TPSA) is 83.5 Å². The van der Waals surface area contributed by atoms with Crippen LogP contribution in [-0.4, -0.2) is 67.6 Å². The summed E-state index contributed by atoms with van der Waals surface area (Å²) in [5.41, 5.74) is -0.292. The molecule has 0 spiro atoms. The number of sulfonamides is 1. The molecule has 0 aromatic heterocycles. The molecule has 0 bridgehead atoms. The molecular formula is C14H14F13NO4S. The molecule has 33 heavy (non-hydrogen) atoms. The highest BCUT2D eigenvalue weighted by atomic mass is 32.2. The van der Waals surface area contributed by atoms with Crippen molar-refractivity contribution in [2.24, 2.45) is 0 Å². The van der Waals surface area contributed by atoms with Gasteiger partial charge in [0.05, 0.1) is 5.75 Å². The van der Waals surface area contributed by atoms with Crippen molar-refractivity contribution in [3.05, 3.63) is 11.6 Å². The molecule has 5 nitrogen and oxygen atoms in total. The lowest BCUT2D eigenvalue weighted by atomic mass is 9.93. The van der Waals surface area contributed by atoms with E-state index in [-0.39, 0.29) is 12.0 Å². The van der Waals surface area contributed by atoms with Crippen molar-refractivity contribution < 1.29 is 75.4 Å². The average Bonchev–Trinajstić information content (AvgIpc) is 2.61. The van der Waals surface area contributed by atoms with Crippen molar-refractivity contribution in [2.75, 3.05) is 12.3 Å². The summed E-state index contributed by atoms with van der Waals surface area (Å²) in [6.45, 7) is 0.346. The maximum Gasteiger partial charge on any atom is 0.460 e. The fraction of sp³-hybridized carbons (Fsp3) is 0.786. The van der Waals surface area contributed by atoms with Crippen LogP contribution in [0.4, 0.5) is 57.1 Å². The zero-order valence-corrected chi connectivity index (χ0v) is 16.7. The fourth-order valence-electron chi connectivity index (χ4n) is 1.88. The van der Waals surface area contributed by atoms with Crippen LogP contribution in [0.1, 0.15) is 19.8 Å². The van der Waals surface area contributed by atoms with Gasteiger partial charge in [-0.1, -0.05) is 6.08 Å². The normalized spacial score (nSPS) is 15.6. The van der Waals surface area contributed by atoms with E-state index in [0.29, 0.717) is 0 Å². The molecule has 0 aliphatic heterocycles. The SMILES string of the molecule is CC(=CCCNS(=O)(=O)CCC(F)(F)C(F)(F)C(F)(F)C(F)(F)C(F)(F)C(F)(F)F)C(=O)O. The molecule has 0 atom stereocenters. The number of aliphatic carboxylic acids is 1. The molecule has 0 heterocycles. The quantitative estimate of drug-likeness (QED) is 0.218. The number of nitrogens with one attached hydrogen (secondary N) is 1. The molecule has 0 amide bonds. The molecule has 19 heteroatoms. The Morgan fingerprint density at radius 3 is 1.64 bits per heavy atom. The number of hydrogen-bond acceptors (Lipinski definition) is 3. The van der Waals surface area contributed by atoms with Crippen molar-refractivity contribution in [3.63, 3.8) is 0 Å². The fourth-order valence-corrected chi connectivity index (χ4v) is 2.98. The Kier molecular flexibility index (Phi) is 8.94. The number of rotatable bonds is 12. The van der Waals surface area contributed by atoms with E-state index in [1.54, 1.807) is 0 Å². The Morgan fingerprint density at radius 1 is 0.818 bits per heavy atom. The Labute approximate surface area is 176 Å². The van der Waals surface area contributed by atoms with Crippen molar-refractivity contribution in [2.45, 2.75) is 55.6 Å². The molecule has 0 rings (SSSR count). The van der Waals surface area contributed by atoms with E-state index in [1.807, 2.05) is 0 Å². The minimum absolute atomic E-state index is 0.292. The van der Waals surface area contributed by atoms with Crippen molar-refractivity contribution >= 4 is 16.0 Å². The number of halogens is 13. The summed E-state index contributed by atoms with van der Waals surface area (Å²) in [6, 6.07) is 0. The van der Waals surface area contributed by atoms with Gasteiger partial charge >= 0.3 is 41.8 Å². The highest BCUT2D eigenvalue weighted by molar-refractivity contribution is 7.89. The first-order chi connectivity index (χ1) is 14.3. The number of carboxylic acid groups (broad SMARTS) is 1. The third kappa shape index (κ3) is 6.21. The average molecular weight is 539 g/mol. The summed E-state index contributed by atoms with van der Waals surface area (Å²) in [5, 5.41) is 8.52. The molecule has 0 fully saturated rings. The molecule has 0 saturated carbocycles. The first-order valence-electron chi connectivity index (χ1n) is 8.11. The number of carboxylic acids is 1. The second kappa shape index (κ2) is 9.46. The molecule has 0 aromatic rings. The molecular weight excluding hydrogens is 525 g/mol. The van der Waals surface area contributed by atoms with Crippen LogP contribution < -0.4 is 4.72 Å². The highest BCUT2D eigenvalue weighted by Gasteiger charge is 2.90. The summed E-state index contributed by atoms with van der Waals surface area (Å²) in [7, 11) is -5.03. The maximum atomic E-state index is 13.6. The van der Waals surface area contributed by atoms with Crippen LogP contribution in [0.25, 0.3) is 0 Å². The first kappa shape index (κ1) is 31.2. The molecule has 0 aromatic carbocycles. The van der Waals surface area contributed by atoms with Crippen LogP contribution in [0.5, 0.6) is 0 Å². The van der Waals surface area contributed by atoms with E-state index in [4.69, 9.17) is 5.11 Å². The minimum atomic E-state index is -8.06. The van der Waals surface area contributed by atoms with Gasteiger partial charge in [-0.2, -0.15) is 57.1 Å². The largest absolute Gasteiger partial charge is 0.478 e. The minimum Gasteiger partial charge on any atom is -0.478 e. The zero-order valence-electron chi connectivity index (χ0n) is 15.9. The molecule has 0 radical (unpaired) electrons. The third-order valence-electron chi connectivity index (χ3n) is 3.94. The van der Waals surface area contributed by atoms with Crippen LogP contribution in [-0.2, 0) is 14.8 Å². The van der Waals surface area contributed by atoms with Gasteiger partial charge in [-0.25, -0.2) is 17.9 Å². The number of carbonyl (C=O) groups is 1. The van der Waals surface area contributed by atoms with Crippen LogP contribution in [0.15, 0.2) is 11.6 Å². The Hall–Kier alpha value is -1.79. The summed E-state index contributed by atoms with van der Waals surface area (Å²) in [5.74, 6) is -41.6. The van der Waals surface area contributed by atoms with Gasteiger partial charge in [0.15, 0.2) is 0 Å². The Balaban J connectivity index is 5.62. The highest BCUT2D eigenvalue weighted by Crippen LogP contribution is 2.60. The molecule has 0 unspecified atom stereocenters. The van der Waals surface area contributed by atoms with Gasteiger partial charge in [0, 0.05) is 18.5 Å². The second-order valence-electron chi connectivity index (χ2n) is 6.44. The van der Waals surface area contributed by atoms with E-state index in [2.05, 4.69) is 0 Å². The summed E-state index contributed by atoms with van der Waals surface area (Å²) < 4.78 is 193. The predicted octanol–water partition coefficient (Wildman–Crippen LogP) is 4.46. The molecule has 0 aliphatic carbocycles. The summed E-state index contributed by atoms with van der Waals surface area (Å²) in [4.78, 5) is 10.5. The van der Waals surface area contributed by atoms with E-state index in [1.165, 1.54) is 4.72 Å². The molecule has 196 valence electrons. The van der Waals surface area contributed by atoms with Gasteiger partial charge in [0.2, 0.25) is 10.0 Å². The molecule has 0 saturated heterocycles. The van der Waals surface area contributed by atoms with Crippen molar-refractivity contribution in [1.82, 2.24) is 4.72 Å². The van der Waals surface area contributed by atoms with Crippen LogP contribution >= 0.6 is 0 Å². The number of hydrogen-bond donors (Lipinski definition) is 2. The van der Waals surface area contributed by atoms with Crippen LogP contribution in [0.3, 0.4) is 0 Å². The lowest BCUT2D eigenvalue weighted by Crippen LogP contribution is -2.70. The van der Waals surface area contributed by atoms with Gasteiger partial charge in [0.1, 0.15) is 0 Å². The first-order valence-corrected chi connectivity index (χ1v) is 9.77. The van der Waals surface area contributed by atoms with Gasteiger partial charge < -0.3 is 5.11 Å². The third-order valence-corrected chi connectivity index (χ3v) is 5.32. The van der Waals surface area contributed by atoms with Gasteiger partial charge in [-0.15, -0.1) is 0 Å². The van der Waals surface area contributed by atoms with Crippen LogP contribution in [0, 0.1) is 0 Å². The van der Waals surface area contributed by atoms with Gasteiger partial charge in [0.25, 0.3) is 0 Å².